The fourth-order valence-electron chi connectivity index (χ4n) is 3.43. The molecule has 1 aliphatic heterocycles. The fraction of sp³-hybridized carbons (Fsp3) is 0.524. The lowest BCUT2D eigenvalue weighted by Gasteiger charge is -2.35. The number of aryl methyl sites for hydroxylation is 1. The molecule has 164 valence electrons. The van der Waals surface area contributed by atoms with Crippen LogP contribution in [0.15, 0.2) is 34.6 Å². The number of rotatable bonds is 8. The molecule has 1 saturated heterocycles. The van der Waals surface area contributed by atoms with E-state index in [1.165, 1.54) is 0 Å². The number of hydrogen-bond acceptors (Lipinski definition) is 5. The minimum atomic E-state index is -2.80. The number of thiazole rings is 1. The molecule has 2 N–H and O–H groups in total. The zero-order chi connectivity index (χ0) is 21.3. The lowest BCUT2D eigenvalue weighted by molar-refractivity contribution is -0.0498. The van der Waals surface area contributed by atoms with Crippen LogP contribution in [-0.2, 0) is 13.0 Å². The number of guanidine groups is 1. The number of nitrogens with one attached hydrogen (secondary N) is 2. The first-order valence-electron chi connectivity index (χ1n) is 10.3. The summed E-state index contributed by atoms with van der Waals surface area (Å²) in [5.41, 5.74) is 1.99. The van der Waals surface area contributed by atoms with Crippen molar-refractivity contribution in [2.24, 2.45) is 4.99 Å². The van der Waals surface area contributed by atoms with Gasteiger partial charge in [0.2, 0.25) is 0 Å². The van der Waals surface area contributed by atoms with Crippen LogP contribution in [0.2, 0.25) is 0 Å². The maximum atomic E-state index is 12.3. The Morgan fingerprint density at radius 3 is 2.80 bits per heavy atom. The quantitative estimate of drug-likeness (QED) is 0.482. The molecular formula is C21H29F2N5OS. The topological polar surface area (TPSA) is 61.8 Å². The maximum absolute atomic E-state index is 12.3. The highest BCUT2D eigenvalue weighted by atomic mass is 32.1. The normalized spacial score (nSPS) is 17.3. The second-order valence-electron chi connectivity index (χ2n) is 7.08. The number of aromatic nitrogens is 1. The smallest absolute Gasteiger partial charge is 0.387 e. The van der Waals surface area contributed by atoms with Crippen molar-refractivity contribution in [2.75, 3.05) is 24.5 Å². The highest BCUT2D eigenvalue weighted by Gasteiger charge is 2.21. The van der Waals surface area contributed by atoms with E-state index < -0.39 is 6.61 Å². The summed E-state index contributed by atoms with van der Waals surface area (Å²) in [4.78, 5) is 11.5. The predicted molar refractivity (Wildman–Crippen MR) is 118 cm³/mol. The molecule has 0 bridgehead atoms. The lowest BCUT2D eigenvalue weighted by Crippen LogP contribution is -2.51. The Balaban J connectivity index is 1.59. The molecule has 1 aliphatic rings. The average molecular weight is 438 g/mol. The molecule has 1 fully saturated rings. The van der Waals surface area contributed by atoms with Gasteiger partial charge in [-0.15, -0.1) is 11.3 Å². The van der Waals surface area contributed by atoms with Gasteiger partial charge in [-0.1, -0.05) is 6.92 Å². The Labute approximate surface area is 180 Å². The number of nitrogens with zero attached hydrogens (tertiary/aromatic N) is 3. The van der Waals surface area contributed by atoms with Gasteiger partial charge in [-0.2, -0.15) is 8.78 Å². The number of ether oxygens (including phenoxy) is 1. The maximum Gasteiger partial charge on any atom is 0.387 e. The number of aliphatic imine (C=N–C) groups is 1. The first kappa shape index (κ1) is 22.3. The van der Waals surface area contributed by atoms with Crippen molar-refractivity contribution in [1.29, 1.82) is 0 Å². The summed E-state index contributed by atoms with van der Waals surface area (Å²) in [5, 5.41) is 10.0. The summed E-state index contributed by atoms with van der Waals surface area (Å²) < 4.78 is 29.1. The van der Waals surface area contributed by atoms with Gasteiger partial charge < -0.3 is 20.3 Å². The third kappa shape index (κ3) is 6.55. The molecule has 1 aromatic heterocycles. The van der Waals surface area contributed by atoms with Crippen LogP contribution in [0.5, 0.6) is 5.75 Å². The van der Waals surface area contributed by atoms with Gasteiger partial charge in [0.15, 0.2) is 5.96 Å². The zero-order valence-corrected chi connectivity index (χ0v) is 18.2. The molecule has 0 saturated carbocycles. The van der Waals surface area contributed by atoms with E-state index in [1.54, 1.807) is 23.5 Å². The van der Waals surface area contributed by atoms with E-state index in [4.69, 9.17) is 4.99 Å². The highest BCUT2D eigenvalue weighted by molar-refractivity contribution is 7.09. The summed E-state index contributed by atoms with van der Waals surface area (Å²) in [6.07, 6.45) is 3.03. The summed E-state index contributed by atoms with van der Waals surface area (Å²) in [6, 6.07) is 7.07. The van der Waals surface area contributed by atoms with E-state index in [-0.39, 0.29) is 11.8 Å². The van der Waals surface area contributed by atoms with Gasteiger partial charge in [-0.25, -0.2) is 9.98 Å². The Kier molecular flexibility index (Phi) is 8.24. The Morgan fingerprint density at radius 1 is 1.33 bits per heavy atom. The van der Waals surface area contributed by atoms with Crippen molar-refractivity contribution < 1.29 is 13.5 Å². The first-order chi connectivity index (χ1) is 14.6. The third-order valence-corrected chi connectivity index (χ3v) is 5.88. The van der Waals surface area contributed by atoms with Gasteiger partial charge in [-0.3, -0.25) is 0 Å². The number of piperidine rings is 1. The molecular weight excluding hydrogens is 408 g/mol. The van der Waals surface area contributed by atoms with Crippen molar-refractivity contribution in [3.05, 3.63) is 40.3 Å². The SMILES string of the molecule is CCNC(=NCc1csc(CC)n1)NC1CCCN(c2ccc(OC(F)F)cc2)C1. The molecule has 1 aromatic carbocycles. The molecule has 1 unspecified atom stereocenters. The molecule has 9 heteroatoms. The van der Waals surface area contributed by atoms with E-state index in [0.717, 1.165) is 61.2 Å². The largest absolute Gasteiger partial charge is 0.435 e. The standard InChI is InChI=1S/C21H29F2N5OS/c1-3-19-26-16(14-30-19)12-25-21(24-4-2)27-15-6-5-11-28(13-15)17-7-9-18(10-8-17)29-20(22)23/h7-10,14-15,20H,3-6,11-13H2,1-2H3,(H2,24,25,27). The van der Waals surface area contributed by atoms with Crippen molar-refractivity contribution in [3.8, 4) is 5.75 Å². The molecule has 2 heterocycles. The minimum absolute atomic E-state index is 0.176. The molecule has 1 atom stereocenters. The zero-order valence-electron chi connectivity index (χ0n) is 17.4. The van der Waals surface area contributed by atoms with Crippen LogP contribution in [0.4, 0.5) is 14.5 Å². The van der Waals surface area contributed by atoms with Gasteiger partial charge in [-0.05, 0) is 50.5 Å². The second kappa shape index (κ2) is 11.1. The van der Waals surface area contributed by atoms with Gasteiger partial charge in [0, 0.05) is 36.7 Å². The first-order valence-corrected chi connectivity index (χ1v) is 11.2. The van der Waals surface area contributed by atoms with Crippen molar-refractivity contribution in [3.63, 3.8) is 0 Å². The molecule has 0 amide bonds. The molecule has 0 radical (unpaired) electrons. The van der Waals surface area contributed by atoms with Gasteiger partial charge in [0.1, 0.15) is 5.75 Å². The van der Waals surface area contributed by atoms with E-state index >= 15 is 0 Å². The minimum Gasteiger partial charge on any atom is -0.435 e. The molecule has 0 aliphatic carbocycles. The van der Waals surface area contributed by atoms with Gasteiger partial charge >= 0.3 is 6.61 Å². The Morgan fingerprint density at radius 2 is 2.13 bits per heavy atom. The van der Waals surface area contributed by atoms with Crippen molar-refractivity contribution in [2.45, 2.75) is 52.3 Å². The Bertz CT molecular complexity index is 812. The van der Waals surface area contributed by atoms with E-state index in [2.05, 4.69) is 37.6 Å². The number of anilines is 1. The summed E-state index contributed by atoms with van der Waals surface area (Å²) in [6.45, 7) is 4.42. The Hall–Kier alpha value is -2.42. The molecule has 30 heavy (non-hydrogen) atoms. The van der Waals surface area contributed by atoms with Crippen LogP contribution in [0.25, 0.3) is 0 Å². The molecule has 3 rings (SSSR count). The summed E-state index contributed by atoms with van der Waals surface area (Å²) >= 11 is 1.67. The monoisotopic (exact) mass is 437 g/mol. The molecule has 0 spiro atoms. The second-order valence-corrected chi connectivity index (χ2v) is 8.03. The van der Waals surface area contributed by atoms with Gasteiger partial charge in [0.05, 0.1) is 17.2 Å². The summed E-state index contributed by atoms with van der Waals surface area (Å²) in [5.74, 6) is 0.964. The van der Waals surface area contributed by atoms with E-state index in [9.17, 15) is 8.78 Å². The van der Waals surface area contributed by atoms with E-state index in [1.807, 2.05) is 19.1 Å². The van der Waals surface area contributed by atoms with E-state index in [0.29, 0.717) is 6.54 Å². The predicted octanol–water partition coefficient (Wildman–Crippen LogP) is 4.03. The van der Waals surface area contributed by atoms with Crippen molar-refractivity contribution in [1.82, 2.24) is 15.6 Å². The summed E-state index contributed by atoms with van der Waals surface area (Å²) in [7, 11) is 0. The number of hydrogen-bond donors (Lipinski definition) is 2. The number of halogens is 2. The lowest BCUT2D eigenvalue weighted by atomic mass is 10.0. The fourth-order valence-corrected chi connectivity index (χ4v) is 4.16. The van der Waals surface area contributed by atoms with Gasteiger partial charge in [0.25, 0.3) is 0 Å². The van der Waals surface area contributed by atoms with Crippen LogP contribution in [0.3, 0.4) is 0 Å². The van der Waals surface area contributed by atoms with Crippen LogP contribution in [0, 0.1) is 0 Å². The number of alkyl halides is 2. The van der Waals surface area contributed by atoms with Crippen LogP contribution in [-0.4, -0.2) is 43.2 Å². The van der Waals surface area contributed by atoms with Crippen LogP contribution < -0.4 is 20.3 Å². The molecule has 2 aromatic rings. The van der Waals surface area contributed by atoms with Crippen LogP contribution in [0.1, 0.15) is 37.4 Å². The molecule has 6 nitrogen and oxygen atoms in total. The third-order valence-electron chi connectivity index (χ3n) is 4.83. The number of benzene rings is 1. The van der Waals surface area contributed by atoms with Crippen molar-refractivity contribution >= 4 is 23.0 Å². The average Bonchev–Trinajstić information content (AvgIpc) is 3.21. The van der Waals surface area contributed by atoms with Crippen LogP contribution >= 0.6 is 11.3 Å². The highest BCUT2D eigenvalue weighted by Crippen LogP contribution is 2.24.